The van der Waals surface area contributed by atoms with Crippen molar-refractivity contribution >= 4 is 0 Å². The first-order chi connectivity index (χ1) is 9.01. The van der Waals surface area contributed by atoms with Crippen LogP contribution in [0.1, 0.15) is 31.9 Å². The van der Waals surface area contributed by atoms with Crippen LogP contribution in [0.4, 0.5) is 0 Å². The van der Waals surface area contributed by atoms with Crippen LogP contribution in [0.15, 0.2) is 23.0 Å². The molecule has 100 valence electrons. The molecule has 2 bridgehead atoms. The van der Waals surface area contributed by atoms with Gasteiger partial charge in [0.2, 0.25) is 0 Å². The van der Waals surface area contributed by atoms with E-state index in [0.717, 1.165) is 31.7 Å². The minimum absolute atomic E-state index is 0.111. The standard InChI is InChI=1S/C15H19N3O/c1-15(2,10-16)17-7-11-6-12(9-17)13-4-3-5-14(19)18(13)8-11/h3-5,11-12H,6-9H2,1-2H3/t11-,12-/m1/s1. The number of nitrogens with zero attached hydrogens (tertiary/aromatic N) is 3. The molecule has 0 saturated carbocycles. The Morgan fingerprint density at radius 3 is 2.84 bits per heavy atom. The summed E-state index contributed by atoms with van der Waals surface area (Å²) in [6.45, 7) is 6.54. The van der Waals surface area contributed by atoms with Crippen LogP contribution in [-0.2, 0) is 6.54 Å². The molecular formula is C15H19N3O. The van der Waals surface area contributed by atoms with E-state index in [1.165, 1.54) is 0 Å². The molecule has 19 heavy (non-hydrogen) atoms. The van der Waals surface area contributed by atoms with E-state index in [2.05, 4.69) is 17.0 Å². The van der Waals surface area contributed by atoms with Gasteiger partial charge in [-0.05, 0) is 32.3 Å². The zero-order valence-electron chi connectivity index (χ0n) is 11.5. The molecule has 1 aromatic rings. The third-order valence-corrected chi connectivity index (χ3v) is 4.54. The van der Waals surface area contributed by atoms with Crippen molar-refractivity contribution in [2.24, 2.45) is 5.92 Å². The highest BCUT2D eigenvalue weighted by Crippen LogP contribution is 2.37. The van der Waals surface area contributed by atoms with Gasteiger partial charge in [0.1, 0.15) is 5.54 Å². The predicted octanol–water partition coefficient (Wildman–Crippen LogP) is 1.57. The van der Waals surface area contributed by atoms with Crippen LogP contribution in [0.5, 0.6) is 0 Å². The average Bonchev–Trinajstić information content (AvgIpc) is 2.40. The fourth-order valence-corrected chi connectivity index (χ4v) is 3.42. The Hall–Kier alpha value is -1.60. The van der Waals surface area contributed by atoms with Gasteiger partial charge < -0.3 is 4.57 Å². The number of piperidine rings is 1. The number of aromatic nitrogens is 1. The van der Waals surface area contributed by atoms with Gasteiger partial charge in [-0.3, -0.25) is 9.69 Å². The van der Waals surface area contributed by atoms with Crippen LogP contribution < -0.4 is 5.56 Å². The maximum atomic E-state index is 11.9. The summed E-state index contributed by atoms with van der Waals surface area (Å²) in [6.07, 6.45) is 1.14. The second kappa shape index (κ2) is 4.21. The van der Waals surface area contributed by atoms with E-state index >= 15 is 0 Å². The second-order valence-electron chi connectivity index (χ2n) is 6.27. The van der Waals surface area contributed by atoms with E-state index in [1.807, 2.05) is 24.5 Å². The van der Waals surface area contributed by atoms with Crippen molar-refractivity contribution in [3.63, 3.8) is 0 Å². The summed E-state index contributed by atoms with van der Waals surface area (Å²) in [6, 6.07) is 7.94. The van der Waals surface area contributed by atoms with E-state index in [4.69, 9.17) is 0 Å². The third kappa shape index (κ3) is 1.98. The molecule has 2 aliphatic rings. The lowest BCUT2D eigenvalue weighted by molar-refractivity contribution is 0.0650. The van der Waals surface area contributed by atoms with Gasteiger partial charge in [0.25, 0.3) is 5.56 Å². The smallest absolute Gasteiger partial charge is 0.250 e. The third-order valence-electron chi connectivity index (χ3n) is 4.54. The molecule has 1 fully saturated rings. The zero-order chi connectivity index (χ0) is 13.6. The first-order valence-electron chi connectivity index (χ1n) is 6.87. The normalized spacial score (nSPS) is 26.6. The summed E-state index contributed by atoms with van der Waals surface area (Å²) >= 11 is 0. The van der Waals surface area contributed by atoms with E-state index < -0.39 is 5.54 Å². The monoisotopic (exact) mass is 257 g/mol. The zero-order valence-corrected chi connectivity index (χ0v) is 11.5. The van der Waals surface area contributed by atoms with Gasteiger partial charge >= 0.3 is 0 Å². The maximum Gasteiger partial charge on any atom is 0.250 e. The summed E-state index contributed by atoms with van der Waals surface area (Å²) in [4.78, 5) is 14.2. The minimum atomic E-state index is -0.422. The summed E-state index contributed by atoms with van der Waals surface area (Å²) in [7, 11) is 0. The van der Waals surface area contributed by atoms with Crippen molar-refractivity contribution < 1.29 is 0 Å². The molecular weight excluding hydrogens is 238 g/mol. The Morgan fingerprint density at radius 1 is 1.32 bits per heavy atom. The first-order valence-corrected chi connectivity index (χ1v) is 6.87. The van der Waals surface area contributed by atoms with Gasteiger partial charge in [-0.2, -0.15) is 5.26 Å². The van der Waals surface area contributed by atoms with Crippen LogP contribution in [-0.4, -0.2) is 28.1 Å². The molecule has 0 amide bonds. The molecule has 4 nitrogen and oxygen atoms in total. The number of nitriles is 1. The van der Waals surface area contributed by atoms with Gasteiger partial charge in [-0.1, -0.05) is 6.07 Å². The number of pyridine rings is 1. The van der Waals surface area contributed by atoms with Gasteiger partial charge in [0, 0.05) is 37.3 Å². The van der Waals surface area contributed by atoms with E-state index in [-0.39, 0.29) is 5.56 Å². The Kier molecular flexibility index (Phi) is 2.75. The Balaban J connectivity index is 1.97. The number of hydrogen-bond donors (Lipinski definition) is 0. The molecule has 0 spiro atoms. The molecule has 3 heterocycles. The highest BCUT2D eigenvalue weighted by Gasteiger charge is 2.39. The molecule has 2 atom stereocenters. The quantitative estimate of drug-likeness (QED) is 0.767. The first kappa shape index (κ1) is 12.4. The van der Waals surface area contributed by atoms with Gasteiger partial charge in [-0.15, -0.1) is 0 Å². The molecule has 0 unspecified atom stereocenters. The Morgan fingerprint density at radius 2 is 2.11 bits per heavy atom. The molecule has 0 aliphatic carbocycles. The van der Waals surface area contributed by atoms with Crippen LogP contribution in [0, 0.1) is 17.2 Å². The van der Waals surface area contributed by atoms with Crippen molar-refractivity contribution in [1.29, 1.82) is 5.26 Å². The number of hydrogen-bond acceptors (Lipinski definition) is 3. The summed E-state index contributed by atoms with van der Waals surface area (Å²) in [5.74, 6) is 0.869. The molecule has 0 aromatic carbocycles. The molecule has 3 rings (SSSR count). The highest BCUT2D eigenvalue weighted by atomic mass is 16.1. The van der Waals surface area contributed by atoms with E-state index in [9.17, 15) is 10.1 Å². The van der Waals surface area contributed by atoms with Crippen molar-refractivity contribution in [3.8, 4) is 6.07 Å². The van der Waals surface area contributed by atoms with Crippen LogP contribution in [0.2, 0.25) is 0 Å². The lowest BCUT2D eigenvalue weighted by Crippen LogP contribution is -2.54. The molecule has 0 radical (unpaired) electrons. The van der Waals surface area contributed by atoms with Crippen molar-refractivity contribution in [3.05, 3.63) is 34.2 Å². The Labute approximate surface area is 113 Å². The number of rotatable bonds is 1. The van der Waals surface area contributed by atoms with Crippen molar-refractivity contribution in [1.82, 2.24) is 9.47 Å². The van der Waals surface area contributed by atoms with E-state index in [1.54, 1.807) is 6.07 Å². The van der Waals surface area contributed by atoms with Crippen LogP contribution >= 0.6 is 0 Å². The van der Waals surface area contributed by atoms with Crippen LogP contribution in [0.3, 0.4) is 0 Å². The number of likely N-dealkylation sites (tertiary alicyclic amines) is 1. The SMILES string of the molecule is CC(C)(C#N)N1C[C@H]2C[C@H](C1)c1cccc(=O)n1C2. The minimum Gasteiger partial charge on any atom is -0.312 e. The molecule has 1 aromatic heterocycles. The largest absolute Gasteiger partial charge is 0.312 e. The molecule has 1 saturated heterocycles. The fraction of sp³-hybridized carbons (Fsp3) is 0.600. The topological polar surface area (TPSA) is 49.0 Å². The fourth-order valence-electron chi connectivity index (χ4n) is 3.42. The summed E-state index contributed by atoms with van der Waals surface area (Å²) in [5.41, 5.74) is 0.830. The highest BCUT2D eigenvalue weighted by molar-refractivity contribution is 5.18. The molecule has 4 heteroatoms. The number of fused-ring (bicyclic) bond motifs is 4. The summed E-state index contributed by atoms with van der Waals surface area (Å²) < 4.78 is 1.93. The van der Waals surface area contributed by atoms with Crippen LogP contribution in [0.25, 0.3) is 0 Å². The van der Waals surface area contributed by atoms with Gasteiger partial charge in [0.15, 0.2) is 0 Å². The lowest BCUT2D eigenvalue weighted by Gasteiger charge is -2.46. The van der Waals surface area contributed by atoms with Crippen molar-refractivity contribution in [2.75, 3.05) is 13.1 Å². The Bertz CT molecular complexity index is 596. The summed E-state index contributed by atoms with van der Waals surface area (Å²) in [5, 5.41) is 9.30. The lowest BCUT2D eigenvalue weighted by atomic mass is 9.81. The molecule has 0 N–H and O–H groups in total. The molecule has 2 aliphatic heterocycles. The predicted molar refractivity (Wildman–Crippen MR) is 72.8 cm³/mol. The van der Waals surface area contributed by atoms with Gasteiger partial charge in [-0.25, -0.2) is 0 Å². The van der Waals surface area contributed by atoms with E-state index in [0.29, 0.717) is 11.8 Å². The maximum absolute atomic E-state index is 11.9. The van der Waals surface area contributed by atoms with Gasteiger partial charge in [0.05, 0.1) is 6.07 Å². The van der Waals surface area contributed by atoms with Crippen molar-refractivity contribution in [2.45, 2.75) is 38.3 Å². The second-order valence-corrected chi connectivity index (χ2v) is 6.27. The average molecular weight is 257 g/mol.